The Morgan fingerprint density at radius 3 is 2.04 bits per heavy atom. The van der Waals surface area contributed by atoms with E-state index in [0.29, 0.717) is 43.2 Å². The third kappa shape index (κ3) is 3.65. The Hall–Kier alpha value is -2.83. The van der Waals surface area contributed by atoms with Crippen LogP contribution in [-0.2, 0) is 0 Å². The molecule has 0 saturated carbocycles. The van der Waals surface area contributed by atoms with Gasteiger partial charge in [-0.05, 0) is 31.2 Å². The normalized spacial score (nSPS) is 14.5. The number of carbonyl (C=O) groups excluding carboxylic acids is 2. The first-order chi connectivity index (χ1) is 12.0. The van der Waals surface area contributed by atoms with Crippen LogP contribution in [0.25, 0.3) is 0 Å². The SMILES string of the molecule is Cc1cc(C(=O)N2CCN(C(=O)c3ccc(N(C)C)cc3)CC2)no1. The monoisotopic (exact) mass is 342 g/mol. The fourth-order valence-corrected chi connectivity index (χ4v) is 2.83. The molecule has 1 saturated heterocycles. The van der Waals surface area contributed by atoms with E-state index in [-0.39, 0.29) is 11.8 Å². The van der Waals surface area contributed by atoms with Crippen LogP contribution in [0.2, 0.25) is 0 Å². The summed E-state index contributed by atoms with van der Waals surface area (Å²) in [7, 11) is 3.92. The van der Waals surface area contributed by atoms with E-state index in [2.05, 4.69) is 5.16 Å². The molecular formula is C18H22N4O3. The maximum Gasteiger partial charge on any atom is 0.276 e. The van der Waals surface area contributed by atoms with Gasteiger partial charge in [-0.15, -0.1) is 0 Å². The topological polar surface area (TPSA) is 69.9 Å². The first-order valence-electron chi connectivity index (χ1n) is 8.25. The van der Waals surface area contributed by atoms with Crippen molar-refractivity contribution in [2.45, 2.75) is 6.92 Å². The smallest absolute Gasteiger partial charge is 0.276 e. The molecule has 2 aromatic rings. The second-order valence-corrected chi connectivity index (χ2v) is 6.35. The maximum absolute atomic E-state index is 12.6. The van der Waals surface area contributed by atoms with Gasteiger partial charge in [0.05, 0.1) is 0 Å². The third-order valence-electron chi connectivity index (χ3n) is 4.33. The van der Waals surface area contributed by atoms with Crippen molar-refractivity contribution in [2.24, 2.45) is 0 Å². The molecule has 7 heteroatoms. The van der Waals surface area contributed by atoms with Crippen LogP contribution in [-0.4, -0.2) is 67.0 Å². The Morgan fingerprint density at radius 2 is 1.56 bits per heavy atom. The molecule has 1 aliphatic heterocycles. The summed E-state index contributed by atoms with van der Waals surface area (Å²) in [6.45, 7) is 3.76. The van der Waals surface area contributed by atoms with E-state index < -0.39 is 0 Å². The Kier molecular flexibility index (Phi) is 4.74. The molecular weight excluding hydrogens is 320 g/mol. The summed E-state index contributed by atoms with van der Waals surface area (Å²) in [4.78, 5) is 30.4. The van der Waals surface area contributed by atoms with Crippen LogP contribution < -0.4 is 4.90 Å². The molecule has 7 nitrogen and oxygen atoms in total. The van der Waals surface area contributed by atoms with Gasteiger partial charge in [0.25, 0.3) is 11.8 Å². The van der Waals surface area contributed by atoms with E-state index in [9.17, 15) is 9.59 Å². The van der Waals surface area contributed by atoms with Gasteiger partial charge < -0.3 is 19.2 Å². The number of rotatable bonds is 3. The number of anilines is 1. The lowest BCUT2D eigenvalue weighted by molar-refractivity contribution is 0.0530. The lowest BCUT2D eigenvalue weighted by Gasteiger charge is -2.34. The third-order valence-corrected chi connectivity index (χ3v) is 4.33. The van der Waals surface area contributed by atoms with Crippen LogP contribution >= 0.6 is 0 Å². The largest absolute Gasteiger partial charge is 0.378 e. The molecule has 0 unspecified atom stereocenters. The summed E-state index contributed by atoms with van der Waals surface area (Å²) in [5, 5.41) is 3.76. The molecule has 132 valence electrons. The number of aryl methyl sites for hydroxylation is 1. The van der Waals surface area contributed by atoms with E-state index in [1.807, 2.05) is 43.3 Å². The van der Waals surface area contributed by atoms with Crippen LogP contribution in [0.5, 0.6) is 0 Å². The lowest BCUT2D eigenvalue weighted by atomic mass is 10.1. The highest BCUT2D eigenvalue weighted by Gasteiger charge is 2.26. The van der Waals surface area contributed by atoms with Crippen molar-refractivity contribution in [1.29, 1.82) is 0 Å². The average molecular weight is 342 g/mol. The molecule has 2 heterocycles. The van der Waals surface area contributed by atoms with Crippen molar-refractivity contribution in [3.63, 3.8) is 0 Å². The van der Waals surface area contributed by atoms with Gasteiger partial charge in [-0.25, -0.2) is 0 Å². The van der Waals surface area contributed by atoms with Gasteiger partial charge in [0, 0.05) is 57.6 Å². The maximum atomic E-state index is 12.6. The van der Waals surface area contributed by atoms with E-state index in [0.717, 1.165) is 5.69 Å². The molecule has 1 aliphatic rings. The zero-order chi connectivity index (χ0) is 18.0. The van der Waals surface area contributed by atoms with Crippen LogP contribution in [0.4, 0.5) is 5.69 Å². The van der Waals surface area contributed by atoms with Gasteiger partial charge >= 0.3 is 0 Å². The number of benzene rings is 1. The Labute approximate surface area is 146 Å². The van der Waals surface area contributed by atoms with Gasteiger partial charge in [0.1, 0.15) is 5.76 Å². The molecule has 1 aromatic carbocycles. The summed E-state index contributed by atoms with van der Waals surface area (Å²) in [5.74, 6) is 0.451. The van der Waals surface area contributed by atoms with Crippen LogP contribution in [0.3, 0.4) is 0 Å². The van der Waals surface area contributed by atoms with Crippen molar-refractivity contribution >= 4 is 17.5 Å². The molecule has 0 spiro atoms. The molecule has 0 atom stereocenters. The van der Waals surface area contributed by atoms with Gasteiger partial charge in [0.15, 0.2) is 5.69 Å². The molecule has 0 aliphatic carbocycles. The number of amides is 2. The second kappa shape index (κ2) is 6.96. The molecule has 0 bridgehead atoms. The summed E-state index contributed by atoms with van der Waals surface area (Å²) in [6.07, 6.45) is 0. The fourth-order valence-electron chi connectivity index (χ4n) is 2.83. The Balaban J connectivity index is 1.59. The van der Waals surface area contributed by atoms with Crippen molar-refractivity contribution in [3.8, 4) is 0 Å². The highest BCUT2D eigenvalue weighted by atomic mass is 16.5. The number of piperazine rings is 1. The van der Waals surface area contributed by atoms with Crippen molar-refractivity contribution in [2.75, 3.05) is 45.2 Å². The van der Waals surface area contributed by atoms with Crippen molar-refractivity contribution in [1.82, 2.24) is 15.0 Å². The van der Waals surface area contributed by atoms with Gasteiger partial charge in [0.2, 0.25) is 0 Å². The predicted octanol–water partition coefficient (Wildman–Crippen LogP) is 1.65. The number of carbonyl (C=O) groups is 2. The number of hydrogen-bond acceptors (Lipinski definition) is 5. The number of nitrogens with zero attached hydrogens (tertiary/aromatic N) is 4. The highest BCUT2D eigenvalue weighted by molar-refractivity contribution is 5.95. The molecule has 25 heavy (non-hydrogen) atoms. The summed E-state index contributed by atoms with van der Waals surface area (Å²) in [5.41, 5.74) is 2.03. The minimum absolute atomic E-state index is 0.00492. The molecule has 0 radical (unpaired) electrons. The quantitative estimate of drug-likeness (QED) is 0.848. The molecule has 1 aromatic heterocycles. The zero-order valence-corrected chi connectivity index (χ0v) is 14.7. The molecule has 1 fully saturated rings. The molecule has 3 rings (SSSR count). The minimum Gasteiger partial charge on any atom is -0.378 e. The minimum atomic E-state index is -0.153. The standard InChI is InChI=1S/C18H22N4O3/c1-13-12-16(19-25-13)18(24)22-10-8-21(9-11-22)17(23)14-4-6-15(7-5-14)20(2)3/h4-7,12H,8-11H2,1-3H3. The second-order valence-electron chi connectivity index (χ2n) is 6.35. The van der Waals surface area contributed by atoms with Crippen LogP contribution in [0.1, 0.15) is 26.6 Å². The summed E-state index contributed by atoms with van der Waals surface area (Å²) < 4.78 is 4.95. The van der Waals surface area contributed by atoms with Gasteiger partial charge in [-0.2, -0.15) is 0 Å². The van der Waals surface area contributed by atoms with Gasteiger partial charge in [-0.3, -0.25) is 9.59 Å². The predicted molar refractivity (Wildman–Crippen MR) is 93.8 cm³/mol. The van der Waals surface area contributed by atoms with E-state index >= 15 is 0 Å². The van der Waals surface area contributed by atoms with Crippen LogP contribution in [0, 0.1) is 6.92 Å². The summed E-state index contributed by atoms with van der Waals surface area (Å²) >= 11 is 0. The highest BCUT2D eigenvalue weighted by Crippen LogP contribution is 2.15. The first kappa shape index (κ1) is 17.0. The zero-order valence-electron chi connectivity index (χ0n) is 14.7. The fraction of sp³-hybridized carbons (Fsp3) is 0.389. The number of hydrogen-bond donors (Lipinski definition) is 0. The van der Waals surface area contributed by atoms with Crippen LogP contribution in [0.15, 0.2) is 34.9 Å². The summed E-state index contributed by atoms with van der Waals surface area (Å²) in [6, 6.07) is 9.17. The van der Waals surface area contributed by atoms with Crippen molar-refractivity contribution in [3.05, 3.63) is 47.3 Å². The van der Waals surface area contributed by atoms with Gasteiger partial charge in [-0.1, -0.05) is 5.16 Å². The van der Waals surface area contributed by atoms with Crippen molar-refractivity contribution < 1.29 is 14.1 Å². The van der Waals surface area contributed by atoms with E-state index in [1.165, 1.54) is 0 Å². The Bertz CT molecular complexity index is 759. The first-order valence-corrected chi connectivity index (χ1v) is 8.25. The molecule has 0 N–H and O–H groups in total. The molecule has 2 amide bonds. The van der Waals surface area contributed by atoms with E-state index in [4.69, 9.17) is 4.52 Å². The Morgan fingerprint density at radius 1 is 1.00 bits per heavy atom. The average Bonchev–Trinajstić information content (AvgIpc) is 3.07. The lowest BCUT2D eigenvalue weighted by Crippen LogP contribution is -2.50. The number of aromatic nitrogens is 1. The van der Waals surface area contributed by atoms with E-state index in [1.54, 1.807) is 22.8 Å².